The fourth-order valence-electron chi connectivity index (χ4n) is 1.22. The maximum atomic E-state index is 4.43. The van der Waals surface area contributed by atoms with E-state index >= 15 is 0 Å². The van der Waals surface area contributed by atoms with Gasteiger partial charge in [0.25, 0.3) is 5.78 Å². The number of aromatic nitrogens is 4. The van der Waals surface area contributed by atoms with Gasteiger partial charge in [-0.05, 0) is 13.0 Å². The lowest BCUT2D eigenvalue weighted by Gasteiger charge is -2.11. The minimum Gasteiger partial charge on any atom is -0.220 e. The van der Waals surface area contributed by atoms with Crippen LogP contribution in [0.2, 0.25) is 0 Å². The molecule has 2 heterocycles. The van der Waals surface area contributed by atoms with Gasteiger partial charge in [-0.1, -0.05) is 20.8 Å². The van der Waals surface area contributed by atoms with Gasteiger partial charge in [0.2, 0.25) is 0 Å². The maximum Gasteiger partial charge on any atom is 0.252 e. The van der Waals surface area contributed by atoms with E-state index in [0.717, 1.165) is 11.5 Å². The first-order valence-corrected chi connectivity index (χ1v) is 4.67. The van der Waals surface area contributed by atoms with E-state index in [1.54, 1.807) is 10.7 Å². The zero-order chi connectivity index (χ0) is 10.3. The van der Waals surface area contributed by atoms with E-state index in [0.29, 0.717) is 5.78 Å². The molecular weight excluding hydrogens is 176 g/mol. The number of hydrogen-bond donors (Lipinski definition) is 0. The summed E-state index contributed by atoms with van der Waals surface area (Å²) in [7, 11) is 0. The van der Waals surface area contributed by atoms with Crippen LogP contribution in [0.25, 0.3) is 5.78 Å². The summed E-state index contributed by atoms with van der Waals surface area (Å²) in [6.07, 6.45) is 1.76. The minimum atomic E-state index is -0.0276. The summed E-state index contributed by atoms with van der Waals surface area (Å²) in [6.45, 7) is 8.28. The Morgan fingerprint density at radius 3 is 2.57 bits per heavy atom. The van der Waals surface area contributed by atoms with Gasteiger partial charge in [-0.15, -0.1) is 5.10 Å². The highest BCUT2D eigenvalue weighted by atomic mass is 15.3. The SMILES string of the molecule is Cc1ccnc2nc(C(C)(C)C)nn12. The average molecular weight is 190 g/mol. The Kier molecular flexibility index (Phi) is 1.80. The second kappa shape index (κ2) is 2.77. The second-order valence-electron chi connectivity index (χ2n) is 4.48. The first kappa shape index (κ1) is 9.12. The second-order valence-corrected chi connectivity index (χ2v) is 4.48. The van der Waals surface area contributed by atoms with Crippen LogP contribution in [0.1, 0.15) is 32.3 Å². The topological polar surface area (TPSA) is 43.1 Å². The lowest BCUT2D eigenvalue weighted by atomic mass is 9.96. The molecule has 0 spiro atoms. The predicted octanol–water partition coefficient (Wildman–Crippen LogP) is 1.73. The average Bonchev–Trinajstić information content (AvgIpc) is 2.48. The lowest BCUT2D eigenvalue weighted by molar-refractivity contribution is 0.544. The van der Waals surface area contributed by atoms with Crippen molar-refractivity contribution in [2.24, 2.45) is 0 Å². The summed E-state index contributed by atoms with van der Waals surface area (Å²) in [4.78, 5) is 8.55. The van der Waals surface area contributed by atoms with Crippen molar-refractivity contribution < 1.29 is 0 Å². The van der Waals surface area contributed by atoms with Gasteiger partial charge in [-0.3, -0.25) is 0 Å². The van der Waals surface area contributed by atoms with Crippen LogP contribution in [0, 0.1) is 6.92 Å². The summed E-state index contributed by atoms with van der Waals surface area (Å²) in [5.74, 6) is 1.51. The zero-order valence-electron chi connectivity index (χ0n) is 8.94. The highest BCUT2D eigenvalue weighted by Crippen LogP contribution is 2.18. The molecule has 0 saturated carbocycles. The molecule has 0 amide bonds. The van der Waals surface area contributed by atoms with Crippen LogP contribution >= 0.6 is 0 Å². The van der Waals surface area contributed by atoms with Crippen molar-refractivity contribution in [3.63, 3.8) is 0 Å². The Morgan fingerprint density at radius 2 is 2.00 bits per heavy atom. The Hall–Kier alpha value is -1.45. The highest BCUT2D eigenvalue weighted by molar-refractivity contribution is 5.29. The van der Waals surface area contributed by atoms with Gasteiger partial charge in [0.15, 0.2) is 5.82 Å². The van der Waals surface area contributed by atoms with Gasteiger partial charge in [0.1, 0.15) is 0 Å². The third-order valence-electron chi connectivity index (χ3n) is 2.10. The number of rotatable bonds is 0. The molecule has 0 aliphatic heterocycles. The molecule has 0 aliphatic rings. The van der Waals surface area contributed by atoms with E-state index < -0.39 is 0 Å². The van der Waals surface area contributed by atoms with E-state index in [1.165, 1.54) is 0 Å². The molecule has 0 unspecified atom stereocenters. The van der Waals surface area contributed by atoms with Crippen molar-refractivity contribution in [2.75, 3.05) is 0 Å². The number of aryl methyl sites for hydroxylation is 1. The van der Waals surface area contributed by atoms with Crippen molar-refractivity contribution in [1.82, 2.24) is 19.6 Å². The molecule has 0 N–H and O–H groups in total. The normalized spacial score (nSPS) is 12.3. The zero-order valence-corrected chi connectivity index (χ0v) is 8.94. The third kappa shape index (κ3) is 1.36. The molecule has 0 saturated heterocycles. The van der Waals surface area contributed by atoms with E-state index in [-0.39, 0.29) is 5.41 Å². The first-order chi connectivity index (χ1) is 6.48. The fraction of sp³-hybridized carbons (Fsp3) is 0.500. The summed E-state index contributed by atoms with van der Waals surface area (Å²) < 4.78 is 1.78. The van der Waals surface area contributed by atoms with Crippen LogP contribution in [-0.4, -0.2) is 19.6 Å². The Balaban J connectivity index is 2.69. The van der Waals surface area contributed by atoms with Crippen molar-refractivity contribution in [3.05, 3.63) is 23.8 Å². The largest absolute Gasteiger partial charge is 0.252 e. The van der Waals surface area contributed by atoms with Crippen LogP contribution in [0.4, 0.5) is 0 Å². The summed E-state index contributed by atoms with van der Waals surface area (Å²) in [5, 5.41) is 4.43. The third-order valence-corrected chi connectivity index (χ3v) is 2.10. The molecule has 0 aromatic carbocycles. The number of hydrogen-bond acceptors (Lipinski definition) is 3. The number of nitrogens with zero attached hydrogens (tertiary/aromatic N) is 4. The molecule has 4 heteroatoms. The molecule has 2 rings (SSSR count). The standard InChI is InChI=1S/C10H14N4/c1-7-5-6-11-9-12-8(10(2,3)4)13-14(7)9/h5-6H,1-4H3. The molecule has 0 bridgehead atoms. The molecule has 0 aliphatic carbocycles. The molecule has 2 aromatic rings. The predicted molar refractivity (Wildman–Crippen MR) is 54.2 cm³/mol. The molecular formula is C10H14N4. The Morgan fingerprint density at radius 1 is 1.29 bits per heavy atom. The smallest absolute Gasteiger partial charge is 0.220 e. The molecule has 2 aromatic heterocycles. The lowest BCUT2D eigenvalue weighted by Crippen LogP contribution is -2.13. The molecule has 0 radical (unpaired) electrons. The van der Waals surface area contributed by atoms with Crippen LogP contribution < -0.4 is 0 Å². The van der Waals surface area contributed by atoms with E-state index in [4.69, 9.17) is 0 Å². The van der Waals surface area contributed by atoms with Crippen molar-refractivity contribution in [1.29, 1.82) is 0 Å². The molecule has 74 valence electrons. The van der Waals surface area contributed by atoms with Gasteiger partial charge in [0.05, 0.1) is 0 Å². The summed E-state index contributed by atoms with van der Waals surface area (Å²) >= 11 is 0. The Labute approximate surface area is 83.0 Å². The van der Waals surface area contributed by atoms with Gasteiger partial charge in [0, 0.05) is 17.3 Å². The quantitative estimate of drug-likeness (QED) is 0.635. The Bertz CT molecular complexity index is 464. The van der Waals surface area contributed by atoms with Crippen molar-refractivity contribution in [3.8, 4) is 0 Å². The molecule has 0 atom stereocenters. The van der Waals surface area contributed by atoms with Gasteiger partial charge >= 0.3 is 0 Å². The van der Waals surface area contributed by atoms with E-state index in [2.05, 4.69) is 35.8 Å². The van der Waals surface area contributed by atoms with E-state index in [9.17, 15) is 0 Å². The van der Waals surface area contributed by atoms with Gasteiger partial charge in [-0.2, -0.15) is 4.98 Å². The van der Waals surface area contributed by atoms with Crippen LogP contribution in [0.5, 0.6) is 0 Å². The van der Waals surface area contributed by atoms with Crippen LogP contribution in [0.3, 0.4) is 0 Å². The summed E-state index contributed by atoms with van der Waals surface area (Å²) in [5.41, 5.74) is 1.03. The monoisotopic (exact) mass is 190 g/mol. The van der Waals surface area contributed by atoms with Gasteiger partial charge < -0.3 is 0 Å². The number of fused-ring (bicyclic) bond motifs is 1. The van der Waals surface area contributed by atoms with Crippen molar-refractivity contribution in [2.45, 2.75) is 33.1 Å². The molecule has 0 fully saturated rings. The maximum absolute atomic E-state index is 4.43. The van der Waals surface area contributed by atoms with Crippen molar-refractivity contribution >= 4 is 5.78 Å². The first-order valence-electron chi connectivity index (χ1n) is 4.67. The van der Waals surface area contributed by atoms with Gasteiger partial charge in [-0.25, -0.2) is 9.50 Å². The van der Waals surface area contributed by atoms with Crippen LogP contribution in [0.15, 0.2) is 12.3 Å². The van der Waals surface area contributed by atoms with Crippen LogP contribution in [-0.2, 0) is 5.41 Å². The molecule has 14 heavy (non-hydrogen) atoms. The fourth-order valence-corrected chi connectivity index (χ4v) is 1.22. The highest BCUT2D eigenvalue weighted by Gasteiger charge is 2.20. The van der Waals surface area contributed by atoms with E-state index in [1.807, 2.05) is 13.0 Å². The minimum absolute atomic E-state index is 0.0276. The summed E-state index contributed by atoms with van der Waals surface area (Å²) in [6, 6.07) is 1.92. The molecule has 4 nitrogen and oxygen atoms in total.